The van der Waals surface area contributed by atoms with Crippen LogP contribution < -0.4 is 4.90 Å². The summed E-state index contributed by atoms with van der Waals surface area (Å²) < 4.78 is 0.865. The molecule has 2 heterocycles. The number of anilines is 1. The van der Waals surface area contributed by atoms with Crippen LogP contribution in [0.3, 0.4) is 0 Å². The number of β-amino-alcohol motifs (C(OH)–C–C–N with tert-alkyl or cyclic N) is 1. The van der Waals surface area contributed by atoms with Crippen molar-refractivity contribution in [3.8, 4) is 6.07 Å². The van der Waals surface area contributed by atoms with Gasteiger partial charge < -0.3 is 10.0 Å². The van der Waals surface area contributed by atoms with Crippen molar-refractivity contribution in [2.24, 2.45) is 0 Å². The molecule has 0 spiro atoms. The Kier molecular flexibility index (Phi) is 3.20. The van der Waals surface area contributed by atoms with E-state index in [0.717, 1.165) is 10.2 Å². The second-order valence-electron chi connectivity index (χ2n) is 4.83. The normalized spacial score (nSPS) is 21.9. The Hall–Kier alpha value is -1.91. The van der Waals surface area contributed by atoms with Gasteiger partial charge in [0.1, 0.15) is 17.4 Å². The minimum Gasteiger partial charge on any atom is -0.381 e. The highest BCUT2D eigenvalue weighted by molar-refractivity contribution is 9.10. The van der Waals surface area contributed by atoms with Gasteiger partial charge in [-0.2, -0.15) is 20.7 Å². The van der Waals surface area contributed by atoms with Crippen molar-refractivity contribution in [2.75, 3.05) is 18.0 Å². The second-order valence-corrected chi connectivity index (χ2v) is 5.75. The standard InChI is InChI=1S/C13H12BrN5O/c14-10-1-2-11(9(5-10)6-15)19-4-3-13(20,8-19)12-7-16-18-17-12/h1-2,5,7,20H,3-4,8H2,(H,16,17,18)/t13-/m1/s1. The van der Waals surface area contributed by atoms with Gasteiger partial charge in [-0.3, -0.25) is 0 Å². The van der Waals surface area contributed by atoms with Gasteiger partial charge in [-0.15, -0.1) is 0 Å². The third kappa shape index (κ3) is 2.17. The average molecular weight is 334 g/mol. The predicted molar refractivity (Wildman–Crippen MR) is 76.0 cm³/mol. The number of rotatable bonds is 2. The molecular weight excluding hydrogens is 322 g/mol. The van der Waals surface area contributed by atoms with Crippen LogP contribution >= 0.6 is 15.9 Å². The van der Waals surface area contributed by atoms with Gasteiger partial charge in [-0.1, -0.05) is 15.9 Å². The summed E-state index contributed by atoms with van der Waals surface area (Å²) in [6.45, 7) is 1.06. The zero-order chi connectivity index (χ0) is 14.2. The van der Waals surface area contributed by atoms with Crippen LogP contribution in [0.2, 0.25) is 0 Å². The van der Waals surface area contributed by atoms with Crippen molar-refractivity contribution >= 4 is 21.6 Å². The lowest BCUT2D eigenvalue weighted by Crippen LogP contribution is -2.31. The topological polar surface area (TPSA) is 88.8 Å². The molecule has 2 N–H and O–H groups in total. The van der Waals surface area contributed by atoms with E-state index in [0.29, 0.717) is 30.8 Å². The Morgan fingerprint density at radius 2 is 2.35 bits per heavy atom. The van der Waals surface area contributed by atoms with Gasteiger partial charge in [0.15, 0.2) is 0 Å². The number of nitriles is 1. The van der Waals surface area contributed by atoms with Crippen LogP contribution in [0.1, 0.15) is 17.7 Å². The summed E-state index contributed by atoms with van der Waals surface area (Å²) in [4.78, 5) is 2.00. The number of hydrogen-bond acceptors (Lipinski definition) is 5. The van der Waals surface area contributed by atoms with Crippen LogP contribution in [0.15, 0.2) is 28.9 Å². The summed E-state index contributed by atoms with van der Waals surface area (Å²) in [6, 6.07) is 7.75. The van der Waals surface area contributed by atoms with Gasteiger partial charge in [0.25, 0.3) is 0 Å². The highest BCUT2D eigenvalue weighted by atomic mass is 79.9. The summed E-state index contributed by atoms with van der Waals surface area (Å²) in [5.41, 5.74) is 0.932. The van der Waals surface area contributed by atoms with E-state index in [4.69, 9.17) is 0 Å². The molecule has 1 saturated heterocycles. The second kappa shape index (κ2) is 4.89. The molecule has 0 aliphatic carbocycles. The summed E-state index contributed by atoms with van der Waals surface area (Å²) in [7, 11) is 0. The molecule has 1 aromatic carbocycles. The predicted octanol–water partition coefficient (Wildman–Crippen LogP) is 1.54. The molecule has 20 heavy (non-hydrogen) atoms. The highest BCUT2D eigenvalue weighted by Gasteiger charge is 2.40. The molecule has 1 aliphatic rings. The third-order valence-corrected chi connectivity index (χ3v) is 4.05. The molecule has 0 unspecified atom stereocenters. The maximum absolute atomic E-state index is 10.6. The summed E-state index contributed by atoms with van der Waals surface area (Å²) in [6.07, 6.45) is 2.09. The van der Waals surface area contributed by atoms with E-state index in [1.54, 1.807) is 6.07 Å². The number of hydrogen-bond donors (Lipinski definition) is 2. The number of H-pyrrole nitrogens is 1. The van der Waals surface area contributed by atoms with Gasteiger partial charge in [0.2, 0.25) is 0 Å². The van der Waals surface area contributed by atoms with Gasteiger partial charge in [-0.25, -0.2) is 0 Å². The number of nitrogens with zero attached hydrogens (tertiary/aromatic N) is 4. The monoisotopic (exact) mass is 333 g/mol. The molecule has 7 heteroatoms. The molecule has 6 nitrogen and oxygen atoms in total. The van der Waals surface area contributed by atoms with E-state index >= 15 is 0 Å². The van der Waals surface area contributed by atoms with Crippen LogP contribution in [0, 0.1) is 11.3 Å². The SMILES string of the molecule is N#Cc1cc(Br)ccc1N1CC[C@](O)(c2cn[nH]n2)C1. The van der Waals surface area contributed by atoms with E-state index < -0.39 is 5.60 Å². The lowest BCUT2D eigenvalue weighted by molar-refractivity contribution is 0.0560. The zero-order valence-electron chi connectivity index (χ0n) is 10.5. The van der Waals surface area contributed by atoms with Crippen molar-refractivity contribution in [3.63, 3.8) is 0 Å². The Balaban J connectivity index is 1.90. The minimum absolute atomic E-state index is 0.399. The number of nitrogens with one attached hydrogen (secondary N) is 1. The number of aliphatic hydroxyl groups is 1. The first-order chi connectivity index (χ1) is 9.62. The van der Waals surface area contributed by atoms with Crippen LogP contribution in [-0.2, 0) is 5.60 Å². The number of aromatic nitrogens is 3. The maximum Gasteiger partial charge on any atom is 0.129 e. The van der Waals surface area contributed by atoms with Crippen LogP contribution in [0.4, 0.5) is 5.69 Å². The molecule has 3 rings (SSSR count). The van der Waals surface area contributed by atoms with E-state index in [9.17, 15) is 10.4 Å². The fraction of sp³-hybridized carbons (Fsp3) is 0.308. The summed E-state index contributed by atoms with van der Waals surface area (Å²) in [5.74, 6) is 0. The Morgan fingerprint density at radius 3 is 3.05 bits per heavy atom. The first-order valence-electron chi connectivity index (χ1n) is 6.16. The molecule has 1 aromatic heterocycles. The molecule has 0 bridgehead atoms. The highest BCUT2D eigenvalue weighted by Crippen LogP contribution is 2.35. The third-order valence-electron chi connectivity index (χ3n) is 3.56. The summed E-state index contributed by atoms with van der Waals surface area (Å²) in [5, 5.41) is 30.1. The van der Waals surface area contributed by atoms with Crippen LogP contribution in [0.25, 0.3) is 0 Å². The van der Waals surface area contributed by atoms with Crippen LogP contribution in [-0.4, -0.2) is 33.6 Å². The van der Waals surface area contributed by atoms with Crippen molar-refractivity contribution in [2.45, 2.75) is 12.0 Å². The molecule has 2 aromatic rings. The Bertz CT molecular complexity index is 666. The molecule has 1 fully saturated rings. The molecular formula is C13H12BrN5O. The van der Waals surface area contributed by atoms with E-state index in [1.165, 1.54) is 6.20 Å². The minimum atomic E-state index is -1.02. The van der Waals surface area contributed by atoms with Gasteiger partial charge >= 0.3 is 0 Å². The van der Waals surface area contributed by atoms with E-state index in [-0.39, 0.29) is 0 Å². The number of benzene rings is 1. The van der Waals surface area contributed by atoms with Gasteiger partial charge in [0.05, 0.1) is 24.0 Å². The zero-order valence-corrected chi connectivity index (χ0v) is 12.1. The van der Waals surface area contributed by atoms with Crippen molar-refractivity contribution < 1.29 is 5.11 Å². The number of halogens is 1. The van der Waals surface area contributed by atoms with Crippen molar-refractivity contribution in [1.29, 1.82) is 5.26 Å². The van der Waals surface area contributed by atoms with Gasteiger partial charge in [0, 0.05) is 17.4 Å². The molecule has 1 atom stereocenters. The fourth-order valence-electron chi connectivity index (χ4n) is 2.51. The molecule has 0 saturated carbocycles. The lowest BCUT2D eigenvalue weighted by Gasteiger charge is -2.23. The first kappa shape index (κ1) is 13.1. The average Bonchev–Trinajstić information content (AvgIpc) is 3.09. The maximum atomic E-state index is 10.6. The summed E-state index contributed by atoms with van der Waals surface area (Å²) >= 11 is 3.36. The molecule has 102 valence electrons. The lowest BCUT2D eigenvalue weighted by atomic mass is 10.00. The van der Waals surface area contributed by atoms with Crippen LogP contribution in [0.5, 0.6) is 0 Å². The van der Waals surface area contributed by atoms with Crippen molar-refractivity contribution in [3.05, 3.63) is 40.1 Å². The smallest absolute Gasteiger partial charge is 0.129 e. The fourth-order valence-corrected chi connectivity index (χ4v) is 2.87. The Labute approximate surface area is 124 Å². The Morgan fingerprint density at radius 1 is 1.50 bits per heavy atom. The van der Waals surface area contributed by atoms with E-state index in [1.807, 2.05) is 17.0 Å². The number of aromatic amines is 1. The van der Waals surface area contributed by atoms with Gasteiger partial charge in [-0.05, 0) is 18.2 Å². The molecule has 0 amide bonds. The molecule has 1 aliphatic heterocycles. The quantitative estimate of drug-likeness (QED) is 0.870. The first-order valence-corrected chi connectivity index (χ1v) is 6.95. The molecule has 0 radical (unpaired) electrons. The largest absolute Gasteiger partial charge is 0.381 e. The van der Waals surface area contributed by atoms with E-state index in [2.05, 4.69) is 37.4 Å². The van der Waals surface area contributed by atoms with Crippen molar-refractivity contribution in [1.82, 2.24) is 15.4 Å².